The van der Waals surface area contributed by atoms with Crippen molar-refractivity contribution in [2.45, 2.75) is 97.8 Å². The molecule has 0 bridgehead atoms. The Bertz CT molecular complexity index is 2390. The molecule has 5 aromatic rings. The summed E-state index contributed by atoms with van der Waals surface area (Å²) in [5.74, 6) is -1.17. The molecule has 0 saturated carbocycles. The molecule has 1 atom stereocenters. The van der Waals surface area contributed by atoms with E-state index in [1.165, 1.54) is 89.1 Å². The summed E-state index contributed by atoms with van der Waals surface area (Å²) < 4.78 is 12.6. The summed E-state index contributed by atoms with van der Waals surface area (Å²) in [6.45, 7) is 6.62. The van der Waals surface area contributed by atoms with Crippen LogP contribution < -0.4 is 24.7 Å². The maximum absolute atomic E-state index is 14.3. The minimum atomic E-state index is -0.760. The third-order valence-corrected chi connectivity index (χ3v) is 11.4. The smallest absolute Gasteiger partial charge is 0.350 e. The van der Waals surface area contributed by atoms with E-state index in [-0.39, 0.29) is 40.7 Å². The molecule has 6 rings (SSSR count). The summed E-state index contributed by atoms with van der Waals surface area (Å²) in [7, 11) is 1.40. The van der Waals surface area contributed by atoms with Crippen LogP contribution in [0.15, 0.2) is 97.1 Å². The van der Waals surface area contributed by atoms with Crippen molar-refractivity contribution < 1.29 is 33.9 Å². The second kappa shape index (κ2) is 21.9. The largest absolute Gasteiger partial charge is 0.506 e. The molecule has 1 fully saturated rings. The van der Waals surface area contributed by atoms with Gasteiger partial charge in [-0.3, -0.25) is 29.6 Å². The first-order valence-corrected chi connectivity index (χ1v) is 22.2. The number of unbranched alkanes of at least 4 members (excludes halogenated alkanes) is 11. The number of phenolic OH excluding ortho intramolecular Hbond substituents is 1. The Hall–Kier alpha value is -6.63. The number of nitrogens with zero attached hydrogens (tertiary/aromatic N) is 4. The molecule has 1 aliphatic heterocycles. The van der Waals surface area contributed by atoms with E-state index in [1.807, 2.05) is 31.2 Å². The molecule has 1 unspecified atom stereocenters. The lowest BCUT2D eigenvalue weighted by molar-refractivity contribution is -0.384. The maximum Gasteiger partial charge on any atom is 0.350 e. The van der Waals surface area contributed by atoms with Crippen LogP contribution in [0.25, 0.3) is 10.8 Å². The van der Waals surface area contributed by atoms with Gasteiger partial charge in [0.1, 0.15) is 17.2 Å². The number of hydrogen-bond donors (Lipinski definition) is 2. The van der Waals surface area contributed by atoms with Crippen molar-refractivity contribution >= 4 is 51.4 Å². The highest BCUT2D eigenvalue weighted by molar-refractivity contribution is 6.12. The van der Waals surface area contributed by atoms with Gasteiger partial charge in [0.2, 0.25) is 0 Å². The molecule has 0 spiro atoms. The fraction of sp³-hybridized carbons (Fsp3) is 0.380. The molecule has 332 valence electrons. The van der Waals surface area contributed by atoms with Crippen molar-refractivity contribution in [3.63, 3.8) is 0 Å². The van der Waals surface area contributed by atoms with E-state index < -0.39 is 28.7 Å². The van der Waals surface area contributed by atoms with Gasteiger partial charge in [0.05, 0.1) is 46.6 Å². The molecule has 13 nitrogen and oxygen atoms in total. The van der Waals surface area contributed by atoms with Crippen LogP contribution in [0, 0.1) is 23.0 Å². The number of carbonyl (C=O) groups excluding carboxylic acids is 3. The first-order valence-electron chi connectivity index (χ1n) is 22.2. The number of fused-ring (bicyclic) bond motifs is 1. The Morgan fingerprint density at radius 3 is 2.10 bits per heavy atom. The van der Waals surface area contributed by atoms with Crippen LogP contribution >= 0.6 is 0 Å². The number of hydrogen-bond acceptors (Lipinski definition) is 9. The molecule has 4 amide bonds. The Balaban J connectivity index is 1.19. The van der Waals surface area contributed by atoms with Crippen molar-refractivity contribution in [2.24, 2.45) is 5.92 Å². The quantitative estimate of drug-likeness (QED) is 0.0417. The van der Waals surface area contributed by atoms with Gasteiger partial charge in [0.25, 0.3) is 17.5 Å². The summed E-state index contributed by atoms with van der Waals surface area (Å²) >= 11 is 0. The van der Waals surface area contributed by atoms with Gasteiger partial charge < -0.3 is 19.9 Å². The number of carbonyl (C=O) groups is 3. The van der Waals surface area contributed by atoms with E-state index in [2.05, 4.69) is 12.2 Å². The van der Waals surface area contributed by atoms with Gasteiger partial charge in [-0.1, -0.05) is 133 Å². The van der Waals surface area contributed by atoms with Crippen LogP contribution in [-0.4, -0.2) is 53.1 Å². The average molecular weight is 858 g/mol. The Morgan fingerprint density at radius 1 is 0.810 bits per heavy atom. The SMILES string of the molecule is CCCCCCCCCCCCCCOc1ccc(C)cc1NC(=O)c1cc(Oc2ccc([N+](=O)[O-])cc2N(C)C(=O)N2C(=O)C(C)CN2c2ccccc2)c2ccccc2c1O. The molecule has 0 radical (unpaired) electrons. The molecule has 13 heteroatoms. The number of ether oxygens (including phenoxy) is 2. The maximum atomic E-state index is 14.3. The second-order valence-electron chi connectivity index (χ2n) is 16.3. The summed E-state index contributed by atoms with van der Waals surface area (Å²) in [5, 5.41) is 29.8. The molecule has 0 aromatic heterocycles. The molecule has 2 N–H and O–H groups in total. The molecule has 1 heterocycles. The number of nitrogens with one attached hydrogen (secondary N) is 1. The van der Waals surface area contributed by atoms with E-state index in [4.69, 9.17) is 9.47 Å². The standard InChI is InChI=1S/C50H59N5O8/c1-5-6-7-8-9-10-11-12-13-14-15-21-30-62-44-28-26-35(2)31-42(44)51-48(57)41-33-46(39-24-19-20-25-40(39)47(41)56)63-45-29-27-38(55(60)61)32-43(45)52(4)50(59)54-49(58)36(3)34-53(54)37-22-17-16-18-23-37/h16-20,22-29,31-33,36,56H,5-15,21,30,34H2,1-4H3,(H,51,57). The van der Waals surface area contributed by atoms with Gasteiger partial charge in [0.15, 0.2) is 5.75 Å². The van der Waals surface area contributed by atoms with Gasteiger partial charge >= 0.3 is 6.03 Å². The lowest BCUT2D eigenvalue weighted by Crippen LogP contribution is -2.50. The highest BCUT2D eigenvalue weighted by Crippen LogP contribution is 2.42. The number of urea groups is 1. The van der Waals surface area contributed by atoms with E-state index in [9.17, 15) is 29.6 Å². The molecular weight excluding hydrogens is 799 g/mol. The number of aryl methyl sites for hydroxylation is 1. The molecule has 63 heavy (non-hydrogen) atoms. The minimum Gasteiger partial charge on any atom is -0.506 e. The Kier molecular flexibility index (Phi) is 16.0. The van der Waals surface area contributed by atoms with Gasteiger partial charge in [-0.15, -0.1) is 0 Å². The number of non-ortho nitro benzene ring substituents is 1. The van der Waals surface area contributed by atoms with E-state index in [0.29, 0.717) is 34.5 Å². The number of imide groups is 1. The number of benzene rings is 5. The van der Waals surface area contributed by atoms with Crippen LogP contribution in [-0.2, 0) is 4.79 Å². The van der Waals surface area contributed by atoms with E-state index >= 15 is 0 Å². The summed E-state index contributed by atoms with van der Waals surface area (Å²) in [4.78, 5) is 54.4. The molecule has 1 aliphatic rings. The average Bonchev–Trinajstić information content (AvgIpc) is 3.59. The first-order chi connectivity index (χ1) is 30.5. The highest BCUT2D eigenvalue weighted by atomic mass is 16.6. The number of para-hydroxylation sites is 1. The number of rotatable bonds is 21. The second-order valence-corrected chi connectivity index (χ2v) is 16.3. The first kappa shape index (κ1) is 45.9. The zero-order chi connectivity index (χ0) is 44.9. The number of aromatic hydroxyl groups is 1. The lowest BCUT2D eigenvalue weighted by atomic mass is 10.0. The number of phenols is 1. The zero-order valence-corrected chi connectivity index (χ0v) is 36.8. The fourth-order valence-corrected chi connectivity index (χ4v) is 7.86. The summed E-state index contributed by atoms with van der Waals surface area (Å²) in [6.07, 6.45) is 14.8. The number of anilines is 3. The van der Waals surface area contributed by atoms with Crippen LogP contribution in [0.4, 0.5) is 27.5 Å². The zero-order valence-electron chi connectivity index (χ0n) is 36.8. The minimum absolute atomic E-state index is 0.00700. The molecule has 1 saturated heterocycles. The molecule has 5 aromatic carbocycles. The van der Waals surface area contributed by atoms with Gasteiger partial charge in [-0.25, -0.2) is 4.79 Å². The topological polar surface area (TPSA) is 155 Å². The van der Waals surface area contributed by atoms with Gasteiger partial charge in [-0.05, 0) is 55.3 Å². The van der Waals surface area contributed by atoms with Crippen LogP contribution in [0.5, 0.6) is 23.0 Å². The van der Waals surface area contributed by atoms with Crippen molar-refractivity contribution in [1.29, 1.82) is 0 Å². The highest BCUT2D eigenvalue weighted by Gasteiger charge is 2.42. The van der Waals surface area contributed by atoms with Crippen LogP contribution in [0.2, 0.25) is 0 Å². The fourth-order valence-electron chi connectivity index (χ4n) is 7.86. The number of nitro benzene ring substituents is 1. The Labute approximate surface area is 369 Å². The van der Waals surface area contributed by atoms with Gasteiger partial charge in [-0.2, -0.15) is 5.01 Å². The summed E-state index contributed by atoms with van der Waals surface area (Å²) in [5.41, 5.74) is 1.55. The monoisotopic (exact) mass is 857 g/mol. The van der Waals surface area contributed by atoms with Crippen molar-refractivity contribution in [1.82, 2.24) is 5.01 Å². The lowest BCUT2D eigenvalue weighted by Gasteiger charge is -2.31. The number of hydrazine groups is 1. The number of nitro groups is 1. The van der Waals surface area contributed by atoms with E-state index in [0.717, 1.165) is 34.7 Å². The Morgan fingerprint density at radius 2 is 1.43 bits per heavy atom. The normalized spacial score (nSPS) is 13.7. The third-order valence-electron chi connectivity index (χ3n) is 11.4. The van der Waals surface area contributed by atoms with Gasteiger partial charge in [0, 0.05) is 30.0 Å². The third kappa shape index (κ3) is 11.4. The van der Waals surface area contributed by atoms with Crippen LogP contribution in [0.3, 0.4) is 0 Å². The van der Waals surface area contributed by atoms with Crippen LogP contribution in [0.1, 0.15) is 107 Å². The predicted octanol–water partition coefficient (Wildman–Crippen LogP) is 12.3. The molecular formula is C50H59N5O8. The predicted molar refractivity (Wildman–Crippen MR) is 248 cm³/mol. The van der Waals surface area contributed by atoms with Crippen molar-refractivity contribution in [3.05, 3.63) is 118 Å². The van der Waals surface area contributed by atoms with Crippen molar-refractivity contribution in [3.8, 4) is 23.0 Å². The molecule has 0 aliphatic carbocycles. The summed E-state index contributed by atoms with van der Waals surface area (Å²) in [6, 6.07) is 25.8. The van der Waals surface area contributed by atoms with Crippen molar-refractivity contribution in [2.75, 3.05) is 35.4 Å². The van der Waals surface area contributed by atoms with E-state index in [1.54, 1.807) is 60.5 Å². The number of amides is 4.